The molecule has 0 bridgehead atoms. The molecule has 0 atom stereocenters. The number of nitrogens with one attached hydrogen (secondary N) is 2. The van der Waals surface area contributed by atoms with E-state index in [1.54, 1.807) is 12.1 Å². The summed E-state index contributed by atoms with van der Waals surface area (Å²) in [5.74, 6) is -0.983. The van der Waals surface area contributed by atoms with Crippen LogP contribution >= 0.6 is 15.9 Å². The Hall–Kier alpha value is -2.84. The van der Waals surface area contributed by atoms with Gasteiger partial charge in [0, 0.05) is 5.33 Å². The first-order chi connectivity index (χ1) is 22.0. The predicted molar refractivity (Wildman–Crippen MR) is 183 cm³/mol. The molecule has 3 aliphatic rings. The van der Waals surface area contributed by atoms with Crippen molar-refractivity contribution in [2.24, 2.45) is 0 Å². The van der Waals surface area contributed by atoms with Crippen LogP contribution in [0.25, 0.3) is 0 Å². The van der Waals surface area contributed by atoms with Gasteiger partial charge in [0.15, 0.2) is 0 Å². The number of fused-ring (bicyclic) bond motifs is 2. The smallest absolute Gasteiger partial charge is 0.259 e. The van der Waals surface area contributed by atoms with Crippen LogP contribution in [0, 0.1) is 0 Å². The molecule has 3 aliphatic heterocycles. The number of hydrogen-bond donors (Lipinski definition) is 2. The first-order valence-corrected chi connectivity index (χ1v) is 18.3. The number of piperidine rings is 1. The van der Waals surface area contributed by atoms with Crippen molar-refractivity contribution in [3.8, 4) is 0 Å². The van der Waals surface area contributed by atoms with E-state index in [0.29, 0.717) is 22.3 Å². The van der Waals surface area contributed by atoms with E-state index in [0.717, 1.165) is 42.1 Å². The van der Waals surface area contributed by atoms with Gasteiger partial charge in [-0.2, -0.15) is 0 Å². The monoisotopic (exact) mass is 679 g/mol. The highest BCUT2D eigenvalue weighted by atomic mass is 79.9. The molecule has 2 N–H and O–H groups in total. The van der Waals surface area contributed by atoms with Crippen LogP contribution in [0.15, 0.2) is 36.4 Å². The van der Waals surface area contributed by atoms with E-state index in [9.17, 15) is 19.2 Å². The number of amides is 4. The lowest BCUT2D eigenvalue weighted by molar-refractivity contribution is 0.0862. The van der Waals surface area contributed by atoms with E-state index < -0.39 is 0 Å². The van der Waals surface area contributed by atoms with Crippen molar-refractivity contribution in [1.82, 2.24) is 15.5 Å². The molecule has 4 amide bonds. The molecule has 7 nitrogen and oxygen atoms in total. The molecule has 1 saturated heterocycles. The van der Waals surface area contributed by atoms with Gasteiger partial charge in [-0.25, -0.2) is 0 Å². The third-order valence-electron chi connectivity index (χ3n) is 9.15. The summed E-state index contributed by atoms with van der Waals surface area (Å²) in [4.78, 5) is 49.5. The molecule has 5 rings (SSSR count). The first kappa shape index (κ1) is 35.0. The minimum Gasteiger partial charge on any atom is -0.303 e. The van der Waals surface area contributed by atoms with E-state index in [4.69, 9.17) is 0 Å². The van der Waals surface area contributed by atoms with Crippen molar-refractivity contribution < 1.29 is 19.2 Å². The fourth-order valence-electron chi connectivity index (χ4n) is 6.66. The van der Waals surface area contributed by atoms with Gasteiger partial charge in [0.25, 0.3) is 23.6 Å². The van der Waals surface area contributed by atoms with Crippen molar-refractivity contribution in [2.45, 2.75) is 109 Å². The van der Waals surface area contributed by atoms with Gasteiger partial charge in [0.05, 0.1) is 22.3 Å². The van der Waals surface area contributed by atoms with Crippen LogP contribution < -0.4 is 10.6 Å². The summed E-state index contributed by atoms with van der Waals surface area (Å²) in [7, 11) is 0. The molecule has 45 heavy (non-hydrogen) atoms. The highest BCUT2D eigenvalue weighted by Gasteiger charge is 2.29. The molecule has 3 heterocycles. The molecule has 2 aromatic rings. The maximum Gasteiger partial charge on any atom is 0.259 e. The van der Waals surface area contributed by atoms with Gasteiger partial charge in [-0.3, -0.25) is 29.8 Å². The molecule has 2 aromatic carbocycles. The van der Waals surface area contributed by atoms with Crippen LogP contribution in [0.1, 0.15) is 149 Å². The highest BCUT2D eigenvalue weighted by Crippen LogP contribution is 2.23. The largest absolute Gasteiger partial charge is 0.303 e. The van der Waals surface area contributed by atoms with E-state index in [2.05, 4.69) is 31.5 Å². The van der Waals surface area contributed by atoms with Gasteiger partial charge in [-0.1, -0.05) is 98.0 Å². The van der Waals surface area contributed by atoms with Crippen LogP contribution in [-0.2, 0) is 12.8 Å². The summed E-state index contributed by atoms with van der Waals surface area (Å²) >= 11 is 3.44. The number of aryl methyl sites for hydroxylation is 2. The third-order valence-corrected chi connectivity index (χ3v) is 9.71. The Kier molecular flexibility index (Phi) is 14.8. The third kappa shape index (κ3) is 10.6. The van der Waals surface area contributed by atoms with E-state index in [1.165, 1.54) is 103 Å². The second kappa shape index (κ2) is 19.0. The topological polar surface area (TPSA) is 95.6 Å². The Morgan fingerprint density at radius 3 is 1.47 bits per heavy atom. The average Bonchev–Trinajstić information content (AvgIpc) is 3.52. The van der Waals surface area contributed by atoms with Crippen LogP contribution in [0.3, 0.4) is 0 Å². The van der Waals surface area contributed by atoms with Gasteiger partial charge in [-0.05, 0) is 94.3 Å². The molecule has 0 radical (unpaired) electrons. The standard InChI is InChI=1S/C21H30N2O2.C16H20BrNO2/c24-20-18-13-10-12-17(19(18)21(25)22-20)11-6-3-1-2-4-7-14-23-15-8-5-9-16-23;17-11-6-4-2-1-3-5-8-12-9-7-10-13-14(12)16(20)18-15(13)19/h10,12-13H,1-9,11,14-16H2,(H,22,24,25);7,9-10H,1-6,8,11H2,(H,18,19,20). The Labute approximate surface area is 277 Å². The predicted octanol–water partition coefficient (Wildman–Crippen LogP) is 7.79. The van der Waals surface area contributed by atoms with Crippen LogP contribution in [0.2, 0.25) is 0 Å². The minimum atomic E-state index is -0.262. The second-order valence-electron chi connectivity index (χ2n) is 12.6. The number of likely N-dealkylation sites (tertiary alicyclic amines) is 1. The van der Waals surface area contributed by atoms with E-state index in [-0.39, 0.29) is 23.6 Å². The fourth-order valence-corrected chi connectivity index (χ4v) is 7.05. The van der Waals surface area contributed by atoms with Crippen molar-refractivity contribution in [3.05, 3.63) is 69.8 Å². The van der Waals surface area contributed by atoms with Crippen molar-refractivity contribution >= 4 is 39.6 Å². The maximum atomic E-state index is 11.9. The SMILES string of the molecule is O=C1NC(=O)c2c(CCCCCCCCBr)cccc21.O=C1NC(=O)c2c(CCCCCCCCN3CCCCC3)cccc21. The average molecular weight is 681 g/mol. The number of rotatable bonds is 17. The number of alkyl halides is 1. The molecular weight excluding hydrogens is 630 g/mol. The van der Waals surface area contributed by atoms with Crippen molar-refractivity contribution in [3.63, 3.8) is 0 Å². The normalized spacial score (nSPS) is 15.8. The van der Waals surface area contributed by atoms with Crippen LogP contribution in [-0.4, -0.2) is 53.5 Å². The number of hydrogen-bond acceptors (Lipinski definition) is 5. The van der Waals surface area contributed by atoms with Crippen molar-refractivity contribution in [2.75, 3.05) is 25.0 Å². The first-order valence-electron chi connectivity index (χ1n) is 17.2. The summed E-state index contributed by atoms with van der Waals surface area (Å²) in [5, 5.41) is 5.85. The summed E-state index contributed by atoms with van der Waals surface area (Å²) in [6.07, 6.45) is 20.8. The number of benzene rings is 2. The van der Waals surface area contributed by atoms with Gasteiger partial charge >= 0.3 is 0 Å². The Balaban J connectivity index is 0.000000210. The summed E-state index contributed by atoms with van der Waals surface area (Å²) in [6.45, 7) is 3.88. The van der Waals surface area contributed by atoms with Crippen LogP contribution in [0.4, 0.5) is 0 Å². The second-order valence-corrected chi connectivity index (χ2v) is 13.4. The zero-order chi connectivity index (χ0) is 31.9. The molecule has 8 heteroatoms. The van der Waals surface area contributed by atoms with E-state index in [1.807, 2.05) is 24.3 Å². The van der Waals surface area contributed by atoms with Crippen molar-refractivity contribution in [1.29, 1.82) is 0 Å². The lowest BCUT2D eigenvalue weighted by atomic mass is 9.97. The maximum absolute atomic E-state index is 11.9. The lowest BCUT2D eigenvalue weighted by Gasteiger charge is -2.26. The van der Waals surface area contributed by atoms with E-state index >= 15 is 0 Å². The summed E-state index contributed by atoms with van der Waals surface area (Å²) in [5.41, 5.74) is 4.30. The van der Waals surface area contributed by atoms with Gasteiger partial charge in [0.2, 0.25) is 0 Å². The summed E-state index contributed by atoms with van der Waals surface area (Å²) in [6, 6.07) is 11.1. The number of nitrogens with zero attached hydrogens (tertiary/aromatic N) is 1. The summed E-state index contributed by atoms with van der Waals surface area (Å²) < 4.78 is 0. The molecule has 0 aliphatic carbocycles. The molecule has 0 spiro atoms. The Morgan fingerprint density at radius 2 is 0.978 bits per heavy atom. The number of carbonyl (C=O) groups excluding carboxylic acids is 4. The van der Waals surface area contributed by atoms with Crippen LogP contribution in [0.5, 0.6) is 0 Å². The zero-order valence-corrected chi connectivity index (χ0v) is 28.4. The Bertz CT molecular complexity index is 1300. The quantitative estimate of drug-likeness (QED) is 0.101. The number of carbonyl (C=O) groups is 4. The molecule has 0 saturated carbocycles. The van der Waals surface area contributed by atoms with Gasteiger partial charge < -0.3 is 4.90 Å². The Morgan fingerprint density at radius 1 is 0.533 bits per heavy atom. The highest BCUT2D eigenvalue weighted by molar-refractivity contribution is 9.09. The van der Waals surface area contributed by atoms with Gasteiger partial charge in [0.1, 0.15) is 0 Å². The lowest BCUT2D eigenvalue weighted by Crippen LogP contribution is -2.30. The fraction of sp³-hybridized carbons (Fsp3) is 0.568. The molecule has 244 valence electrons. The number of halogens is 1. The zero-order valence-electron chi connectivity index (χ0n) is 26.8. The molecule has 0 unspecified atom stereocenters. The number of imide groups is 2. The van der Waals surface area contributed by atoms with Gasteiger partial charge in [-0.15, -0.1) is 0 Å². The molecular formula is C37H50BrN3O4. The molecule has 0 aromatic heterocycles. The number of unbranched alkanes of at least 4 members (excludes halogenated alkanes) is 10. The molecule has 1 fully saturated rings. The minimum absolute atomic E-state index is 0.228.